The van der Waals surface area contributed by atoms with Crippen molar-refractivity contribution in [3.05, 3.63) is 66.0 Å². The van der Waals surface area contributed by atoms with Crippen LogP contribution in [0.4, 0.5) is 5.69 Å². The lowest BCUT2D eigenvalue weighted by molar-refractivity contribution is -0.152. The van der Waals surface area contributed by atoms with Gasteiger partial charge in [0.05, 0.1) is 5.69 Å². The summed E-state index contributed by atoms with van der Waals surface area (Å²) in [7, 11) is 0. The van der Waals surface area contributed by atoms with Gasteiger partial charge in [-0.1, -0.05) is 49.9 Å². The summed E-state index contributed by atoms with van der Waals surface area (Å²) in [6.45, 7) is 2.46. The second-order valence-corrected chi connectivity index (χ2v) is 13.2. The van der Waals surface area contributed by atoms with E-state index in [0.29, 0.717) is 13.0 Å². The fraction of sp³-hybridized carbons (Fsp3) is 0.528. The molecule has 2 aliphatic heterocycles. The molecule has 3 fully saturated rings. The lowest BCUT2D eigenvalue weighted by Gasteiger charge is -2.48. The molecule has 2 aromatic carbocycles. The van der Waals surface area contributed by atoms with E-state index < -0.39 is 6.10 Å². The van der Waals surface area contributed by atoms with Crippen molar-refractivity contribution in [2.75, 3.05) is 25.0 Å². The summed E-state index contributed by atoms with van der Waals surface area (Å²) >= 11 is 0. The summed E-state index contributed by atoms with van der Waals surface area (Å²) in [5.41, 5.74) is 3.35. The van der Waals surface area contributed by atoms with Crippen LogP contribution < -0.4 is 10.1 Å². The Labute approximate surface area is 255 Å². The smallest absolute Gasteiger partial charge is 0.264 e. The second kappa shape index (κ2) is 12.2. The van der Waals surface area contributed by atoms with Crippen LogP contribution in [-0.2, 0) is 22.6 Å². The molecule has 7 rings (SSSR count). The minimum atomic E-state index is -0.575. The highest BCUT2D eigenvalue weighted by Crippen LogP contribution is 2.51. The summed E-state index contributed by atoms with van der Waals surface area (Å²) in [6.07, 6.45) is 16.0. The standard InChI is InChI=1S/C36H44N4O3/c41-33(39-20-5-6-21-39)25-40(32-10-1-2-16-36(32)17-3-4-18-36)35(42)31-14-13-28-8-7-9-30(34(28)43-31)38-23-26-11-12-27-15-19-37-24-29(27)22-26/h7-9,11-12,15,19,22,24,31-32,38H,1-6,10,13-14,16-18,20-21,23,25H2/t31-,32+/m0/s1. The summed E-state index contributed by atoms with van der Waals surface area (Å²) in [6, 6.07) is 14.8. The topological polar surface area (TPSA) is 74.8 Å². The van der Waals surface area contributed by atoms with Crippen molar-refractivity contribution < 1.29 is 14.3 Å². The maximum absolute atomic E-state index is 14.5. The molecular formula is C36H44N4O3. The molecule has 7 heteroatoms. The molecular weight excluding hydrogens is 536 g/mol. The van der Waals surface area contributed by atoms with E-state index in [4.69, 9.17) is 4.74 Å². The number of likely N-dealkylation sites (tertiary alicyclic amines) is 1. The number of aryl methyl sites for hydroxylation is 1. The van der Waals surface area contributed by atoms with E-state index in [-0.39, 0.29) is 29.8 Å². The van der Waals surface area contributed by atoms with Crippen LogP contribution in [0, 0.1) is 5.41 Å². The van der Waals surface area contributed by atoms with Gasteiger partial charge in [0.1, 0.15) is 12.3 Å². The lowest BCUT2D eigenvalue weighted by atomic mass is 9.68. The van der Waals surface area contributed by atoms with Gasteiger partial charge in [0, 0.05) is 43.5 Å². The van der Waals surface area contributed by atoms with Crippen LogP contribution in [0.2, 0.25) is 0 Å². The van der Waals surface area contributed by atoms with Crippen molar-refractivity contribution >= 4 is 28.3 Å². The van der Waals surface area contributed by atoms with Gasteiger partial charge in [0.25, 0.3) is 5.91 Å². The molecule has 2 atom stereocenters. The Bertz CT molecular complexity index is 1480. The van der Waals surface area contributed by atoms with Gasteiger partial charge in [-0.15, -0.1) is 0 Å². The maximum Gasteiger partial charge on any atom is 0.264 e. The lowest BCUT2D eigenvalue weighted by Crippen LogP contribution is -2.57. The molecule has 2 saturated carbocycles. The number of carbonyl (C=O) groups is 2. The number of aromatic nitrogens is 1. The zero-order chi connectivity index (χ0) is 29.2. The number of rotatable bonds is 7. The van der Waals surface area contributed by atoms with E-state index in [1.165, 1.54) is 43.9 Å². The molecule has 43 heavy (non-hydrogen) atoms. The molecule has 3 aromatic rings. The summed E-state index contributed by atoms with van der Waals surface area (Å²) in [4.78, 5) is 36.3. The highest BCUT2D eigenvalue weighted by Gasteiger charge is 2.48. The molecule has 0 radical (unpaired) electrons. The summed E-state index contributed by atoms with van der Waals surface area (Å²) in [5.74, 6) is 0.890. The van der Waals surface area contributed by atoms with Gasteiger partial charge in [0.15, 0.2) is 6.10 Å². The molecule has 7 nitrogen and oxygen atoms in total. The summed E-state index contributed by atoms with van der Waals surface area (Å²) in [5, 5.41) is 5.87. The Morgan fingerprint density at radius 3 is 2.60 bits per heavy atom. The van der Waals surface area contributed by atoms with Gasteiger partial charge >= 0.3 is 0 Å². The fourth-order valence-electron chi connectivity index (χ4n) is 8.34. The number of fused-ring (bicyclic) bond motifs is 2. The molecule has 4 aliphatic rings. The number of nitrogens with zero attached hydrogens (tertiary/aromatic N) is 3. The van der Waals surface area contributed by atoms with E-state index >= 15 is 0 Å². The zero-order valence-electron chi connectivity index (χ0n) is 25.2. The van der Waals surface area contributed by atoms with E-state index in [2.05, 4.69) is 40.6 Å². The second-order valence-electron chi connectivity index (χ2n) is 13.2. The monoisotopic (exact) mass is 580 g/mol. The first-order valence-electron chi connectivity index (χ1n) is 16.5. The molecule has 1 aromatic heterocycles. The number of pyridine rings is 1. The first kappa shape index (κ1) is 28.2. The zero-order valence-corrected chi connectivity index (χ0v) is 25.2. The Balaban J connectivity index is 1.12. The first-order chi connectivity index (χ1) is 21.1. The van der Waals surface area contributed by atoms with Gasteiger partial charge in [-0.2, -0.15) is 0 Å². The number of carbonyl (C=O) groups excluding carboxylic acids is 2. The van der Waals surface area contributed by atoms with E-state index in [9.17, 15) is 9.59 Å². The first-order valence-corrected chi connectivity index (χ1v) is 16.5. The minimum Gasteiger partial charge on any atom is -0.478 e. The number of nitrogens with one attached hydrogen (secondary N) is 1. The minimum absolute atomic E-state index is 0.00760. The average molecular weight is 581 g/mol. The van der Waals surface area contributed by atoms with Gasteiger partial charge in [0.2, 0.25) is 5.91 Å². The normalized spacial score (nSPS) is 22.7. The van der Waals surface area contributed by atoms with Crippen molar-refractivity contribution in [3.8, 4) is 5.75 Å². The number of para-hydroxylation sites is 1. The third-order valence-corrected chi connectivity index (χ3v) is 10.6. The molecule has 3 heterocycles. The number of anilines is 1. The fourth-order valence-corrected chi connectivity index (χ4v) is 8.34. The summed E-state index contributed by atoms with van der Waals surface area (Å²) < 4.78 is 6.62. The molecule has 1 N–H and O–H groups in total. The highest BCUT2D eigenvalue weighted by molar-refractivity contribution is 5.88. The molecule has 2 aliphatic carbocycles. The Morgan fingerprint density at radius 2 is 1.77 bits per heavy atom. The van der Waals surface area contributed by atoms with Crippen LogP contribution >= 0.6 is 0 Å². The van der Waals surface area contributed by atoms with Crippen LogP contribution in [0.25, 0.3) is 10.8 Å². The van der Waals surface area contributed by atoms with E-state index in [1.807, 2.05) is 34.3 Å². The predicted molar refractivity (Wildman–Crippen MR) is 169 cm³/mol. The third-order valence-electron chi connectivity index (χ3n) is 10.6. The Morgan fingerprint density at radius 1 is 0.953 bits per heavy atom. The molecule has 0 bridgehead atoms. The predicted octanol–water partition coefficient (Wildman–Crippen LogP) is 6.49. The van der Waals surface area contributed by atoms with Crippen LogP contribution in [0.15, 0.2) is 54.9 Å². The van der Waals surface area contributed by atoms with Gasteiger partial charge < -0.3 is 19.9 Å². The molecule has 1 spiro atoms. The van der Waals surface area contributed by atoms with Crippen molar-refractivity contribution in [2.45, 2.75) is 95.7 Å². The number of amides is 2. The van der Waals surface area contributed by atoms with Crippen molar-refractivity contribution in [1.82, 2.24) is 14.8 Å². The van der Waals surface area contributed by atoms with Crippen molar-refractivity contribution in [2.24, 2.45) is 5.41 Å². The van der Waals surface area contributed by atoms with Crippen molar-refractivity contribution in [3.63, 3.8) is 0 Å². The number of hydrogen-bond acceptors (Lipinski definition) is 5. The quantitative estimate of drug-likeness (QED) is 0.346. The van der Waals surface area contributed by atoms with E-state index in [1.54, 1.807) is 0 Å². The number of ether oxygens (including phenoxy) is 1. The Kier molecular flexibility index (Phi) is 7.98. The maximum atomic E-state index is 14.5. The molecule has 0 unspecified atom stereocenters. The Hall–Kier alpha value is -3.61. The van der Waals surface area contributed by atoms with Crippen LogP contribution in [0.1, 0.15) is 81.8 Å². The van der Waals surface area contributed by atoms with Crippen LogP contribution in [0.5, 0.6) is 5.75 Å². The molecule has 226 valence electrons. The largest absolute Gasteiger partial charge is 0.478 e. The van der Waals surface area contributed by atoms with Gasteiger partial charge in [-0.25, -0.2) is 0 Å². The van der Waals surface area contributed by atoms with Crippen LogP contribution in [-0.4, -0.2) is 58.4 Å². The number of benzene rings is 2. The van der Waals surface area contributed by atoms with Crippen LogP contribution in [0.3, 0.4) is 0 Å². The average Bonchev–Trinajstić information content (AvgIpc) is 3.76. The molecule has 2 amide bonds. The molecule has 1 saturated heterocycles. The third kappa shape index (κ3) is 5.71. The van der Waals surface area contributed by atoms with Crippen molar-refractivity contribution in [1.29, 1.82) is 0 Å². The van der Waals surface area contributed by atoms with Gasteiger partial charge in [-0.05, 0) is 91.5 Å². The van der Waals surface area contributed by atoms with E-state index in [0.717, 1.165) is 73.1 Å². The SMILES string of the molecule is O=C(CN(C(=O)[C@@H]1CCc2cccc(NCc3ccc4ccncc4c3)c2O1)[C@@H]1CCCCC12CCCC2)N1CCCC1. The highest BCUT2D eigenvalue weighted by atomic mass is 16.5. The van der Waals surface area contributed by atoms with Gasteiger partial charge in [-0.3, -0.25) is 14.6 Å². The number of hydrogen-bond donors (Lipinski definition) is 1.